The van der Waals surface area contributed by atoms with Crippen LogP contribution in [0.5, 0.6) is 0 Å². The van der Waals surface area contributed by atoms with Gasteiger partial charge in [-0.15, -0.1) is 0 Å². The third-order valence-corrected chi connectivity index (χ3v) is 4.36. The van der Waals surface area contributed by atoms with Gasteiger partial charge in [0.05, 0.1) is 18.8 Å². The molecule has 25 heavy (non-hydrogen) atoms. The molecule has 0 saturated heterocycles. The van der Waals surface area contributed by atoms with Crippen LogP contribution < -0.4 is 0 Å². The van der Waals surface area contributed by atoms with Crippen LogP contribution in [0.25, 0.3) is 5.57 Å². The predicted octanol–water partition coefficient (Wildman–Crippen LogP) is 1.61. The molecule has 136 valence electrons. The van der Waals surface area contributed by atoms with Crippen LogP contribution in [0.4, 0.5) is 0 Å². The minimum atomic E-state index is -0.285. The van der Waals surface area contributed by atoms with Crippen LogP contribution in [0.1, 0.15) is 16.7 Å². The van der Waals surface area contributed by atoms with Gasteiger partial charge >= 0.3 is 0 Å². The first-order valence-corrected chi connectivity index (χ1v) is 8.29. The Hall–Kier alpha value is -2.18. The van der Waals surface area contributed by atoms with Gasteiger partial charge in [0.25, 0.3) is 11.8 Å². The number of hydrogen-bond acceptors (Lipinski definition) is 5. The summed E-state index contributed by atoms with van der Waals surface area (Å²) in [5, 5.41) is 0. The molecule has 1 aromatic carbocycles. The Morgan fingerprint density at radius 3 is 2.12 bits per heavy atom. The fourth-order valence-electron chi connectivity index (χ4n) is 3.00. The zero-order valence-corrected chi connectivity index (χ0v) is 15.6. The van der Waals surface area contributed by atoms with Gasteiger partial charge in [-0.2, -0.15) is 0 Å². The van der Waals surface area contributed by atoms with E-state index in [9.17, 15) is 9.59 Å². The van der Waals surface area contributed by atoms with E-state index in [4.69, 9.17) is 9.47 Å². The molecule has 0 saturated carbocycles. The van der Waals surface area contributed by atoms with Crippen molar-refractivity contribution >= 4 is 17.4 Å². The van der Waals surface area contributed by atoms with E-state index in [-0.39, 0.29) is 11.8 Å². The standard InChI is InChI=1S/C19H26N2O4/c1-13-6-7-15(14(2)12-13)16-17(19(23)20(3)18(16)22)21(8-10-24-4)9-11-25-5/h6-7,12H,8-11H2,1-5H3. The van der Waals surface area contributed by atoms with E-state index in [0.29, 0.717) is 37.6 Å². The Morgan fingerprint density at radius 2 is 1.60 bits per heavy atom. The third kappa shape index (κ3) is 3.91. The number of imide groups is 1. The van der Waals surface area contributed by atoms with Gasteiger partial charge < -0.3 is 14.4 Å². The highest BCUT2D eigenvalue weighted by Gasteiger charge is 2.39. The molecule has 0 aromatic heterocycles. The Balaban J connectivity index is 2.57. The highest BCUT2D eigenvalue weighted by molar-refractivity contribution is 6.35. The van der Waals surface area contributed by atoms with E-state index < -0.39 is 0 Å². The molecule has 1 heterocycles. The molecule has 0 N–H and O–H groups in total. The maximum Gasteiger partial charge on any atom is 0.277 e. The van der Waals surface area contributed by atoms with Crippen molar-refractivity contribution in [3.8, 4) is 0 Å². The molecule has 1 aromatic rings. The van der Waals surface area contributed by atoms with Crippen LogP contribution in [-0.4, -0.2) is 69.2 Å². The van der Waals surface area contributed by atoms with E-state index >= 15 is 0 Å². The van der Waals surface area contributed by atoms with Crippen LogP contribution in [0.15, 0.2) is 23.9 Å². The third-order valence-electron chi connectivity index (χ3n) is 4.36. The van der Waals surface area contributed by atoms with Gasteiger partial charge in [0.15, 0.2) is 0 Å². The summed E-state index contributed by atoms with van der Waals surface area (Å²) in [5.74, 6) is -0.557. The summed E-state index contributed by atoms with van der Waals surface area (Å²) in [6.45, 7) is 5.89. The topological polar surface area (TPSA) is 59.1 Å². The van der Waals surface area contributed by atoms with Gasteiger partial charge in [0.1, 0.15) is 5.70 Å². The molecule has 1 aliphatic rings. The average molecular weight is 346 g/mol. The lowest BCUT2D eigenvalue weighted by atomic mass is 9.97. The molecular weight excluding hydrogens is 320 g/mol. The summed E-state index contributed by atoms with van der Waals surface area (Å²) < 4.78 is 10.3. The molecule has 0 bridgehead atoms. The Labute approximate surface area is 149 Å². The van der Waals surface area contributed by atoms with Crippen molar-refractivity contribution in [1.29, 1.82) is 0 Å². The zero-order chi connectivity index (χ0) is 18.6. The fraction of sp³-hybridized carbons (Fsp3) is 0.474. The van der Waals surface area contributed by atoms with Crippen LogP contribution in [0.3, 0.4) is 0 Å². The van der Waals surface area contributed by atoms with Crippen LogP contribution in [-0.2, 0) is 19.1 Å². The second-order valence-corrected chi connectivity index (χ2v) is 6.18. The summed E-state index contributed by atoms with van der Waals surface area (Å²) >= 11 is 0. The summed E-state index contributed by atoms with van der Waals surface area (Å²) in [6, 6.07) is 5.89. The summed E-state index contributed by atoms with van der Waals surface area (Å²) in [6.07, 6.45) is 0. The van der Waals surface area contributed by atoms with Crippen molar-refractivity contribution in [3.05, 3.63) is 40.6 Å². The number of amides is 2. The molecule has 0 atom stereocenters. The number of benzene rings is 1. The molecule has 2 rings (SSSR count). The lowest BCUT2D eigenvalue weighted by molar-refractivity contribution is -0.136. The number of hydrogen-bond donors (Lipinski definition) is 0. The van der Waals surface area contributed by atoms with Gasteiger partial charge in [-0.1, -0.05) is 23.8 Å². The average Bonchev–Trinajstić information content (AvgIpc) is 2.80. The van der Waals surface area contributed by atoms with Crippen LogP contribution >= 0.6 is 0 Å². The van der Waals surface area contributed by atoms with Crippen molar-refractivity contribution in [2.45, 2.75) is 13.8 Å². The largest absolute Gasteiger partial charge is 0.383 e. The summed E-state index contributed by atoms with van der Waals surface area (Å²) in [5.41, 5.74) is 3.76. The number of methoxy groups -OCH3 is 2. The lowest BCUT2D eigenvalue weighted by Gasteiger charge is -2.25. The second kappa shape index (κ2) is 8.27. The van der Waals surface area contributed by atoms with Crippen molar-refractivity contribution in [2.24, 2.45) is 0 Å². The molecule has 2 amide bonds. The number of ether oxygens (including phenoxy) is 2. The predicted molar refractivity (Wildman–Crippen MR) is 95.9 cm³/mol. The normalized spacial score (nSPS) is 14.7. The molecule has 0 unspecified atom stereocenters. The first-order valence-electron chi connectivity index (χ1n) is 8.29. The van der Waals surface area contributed by atoms with Crippen molar-refractivity contribution in [3.63, 3.8) is 0 Å². The molecule has 6 nitrogen and oxygen atoms in total. The Kier molecular flexibility index (Phi) is 6.33. The highest BCUT2D eigenvalue weighted by atomic mass is 16.5. The van der Waals surface area contributed by atoms with Crippen molar-refractivity contribution in [2.75, 3.05) is 47.6 Å². The maximum atomic E-state index is 12.8. The monoisotopic (exact) mass is 346 g/mol. The smallest absolute Gasteiger partial charge is 0.277 e. The number of rotatable bonds is 8. The van der Waals surface area contributed by atoms with E-state index in [2.05, 4.69) is 0 Å². The number of aryl methyl sites for hydroxylation is 2. The summed E-state index contributed by atoms with van der Waals surface area (Å²) in [4.78, 5) is 28.6. The Morgan fingerprint density at radius 1 is 1.00 bits per heavy atom. The first kappa shape index (κ1) is 19.1. The van der Waals surface area contributed by atoms with Crippen molar-refractivity contribution < 1.29 is 19.1 Å². The molecule has 0 radical (unpaired) electrons. The lowest BCUT2D eigenvalue weighted by Crippen LogP contribution is -2.36. The number of carbonyl (C=O) groups is 2. The fourth-order valence-corrected chi connectivity index (χ4v) is 3.00. The van der Waals surface area contributed by atoms with Gasteiger partial charge in [-0.05, 0) is 25.0 Å². The minimum Gasteiger partial charge on any atom is -0.383 e. The maximum absolute atomic E-state index is 12.8. The molecule has 6 heteroatoms. The highest BCUT2D eigenvalue weighted by Crippen LogP contribution is 2.32. The van der Waals surface area contributed by atoms with Crippen molar-refractivity contribution in [1.82, 2.24) is 9.80 Å². The van der Waals surface area contributed by atoms with E-state index in [1.807, 2.05) is 36.9 Å². The molecule has 0 aliphatic carbocycles. The van der Waals surface area contributed by atoms with Crippen LogP contribution in [0, 0.1) is 13.8 Å². The van der Waals surface area contributed by atoms with E-state index in [0.717, 1.165) is 16.7 Å². The molecular formula is C19H26N2O4. The summed E-state index contributed by atoms with van der Waals surface area (Å²) in [7, 11) is 4.75. The molecule has 1 aliphatic heterocycles. The quantitative estimate of drug-likeness (QED) is 0.669. The molecule has 0 spiro atoms. The van der Waals surface area contributed by atoms with Crippen LogP contribution in [0.2, 0.25) is 0 Å². The van der Waals surface area contributed by atoms with Gasteiger partial charge in [0, 0.05) is 34.4 Å². The first-order chi connectivity index (χ1) is 11.9. The SMILES string of the molecule is COCCN(CCOC)C1=C(c2ccc(C)cc2C)C(=O)N(C)C1=O. The van der Waals surface area contributed by atoms with E-state index in [1.165, 1.54) is 11.9 Å². The van der Waals surface area contributed by atoms with E-state index in [1.54, 1.807) is 14.2 Å². The second-order valence-electron chi connectivity index (χ2n) is 6.18. The number of likely N-dealkylation sites (N-methyl/N-ethyl adjacent to an activating group) is 1. The number of carbonyl (C=O) groups excluding carboxylic acids is 2. The Bertz CT molecular complexity index is 689. The molecule has 0 fully saturated rings. The zero-order valence-electron chi connectivity index (χ0n) is 15.6. The van der Waals surface area contributed by atoms with Gasteiger partial charge in [-0.3, -0.25) is 14.5 Å². The number of nitrogens with zero attached hydrogens (tertiary/aromatic N) is 2. The van der Waals surface area contributed by atoms with Gasteiger partial charge in [0.2, 0.25) is 0 Å². The van der Waals surface area contributed by atoms with Gasteiger partial charge in [-0.25, -0.2) is 0 Å². The minimum absolute atomic E-state index is 0.271.